The molecular formula is C21H23N3. The van der Waals surface area contributed by atoms with Crippen molar-refractivity contribution in [3.63, 3.8) is 0 Å². The molecule has 2 aliphatic carbocycles. The summed E-state index contributed by atoms with van der Waals surface area (Å²) in [6.45, 7) is 6.97. The van der Waals surface area contributed by atoms with Crippen molar-refractivity contribution in [2.75, 3.05) is 0 Å². The minimum atomic E-state index is 0.264. The third-order valence-corrected chi connectivity index (χ3v) is 6.32. The Morgan fingerprint density at radius 1 is 1.12 bits per heavy atom. The Morgan fingerprint density at radius 2 is 2.00 bits per heavy atom. The van der Waals surface area contributed by atoms with Crippen LogP contribution in [-0.2, 0) is 12.8 Å². The molecule has 1 aromatic carbocycles. The van der Waals surface area contributed by atoms with Gasteiger partial charge in [0.25, 0.3) is 0 Å². The summed E-state index contributed by atoms with van der Waals surface area (Å²) in [6, 6.07) is 8.91. The third-order valence-electron chi connectivity index (χ3n) is 6.32. The van der Waals surface area contributed by atoms with Crippen molar-refractivity contribution in [3.05, 3.63) is 64.7 Å². The summed E-state index contributed by atoms with van der Waals surface area (Å²) in [4.78, 5) is 9.32. The Kier molecular flexibility index (Phi) is 2.77. The SMILES string of the molecule is Cc1c([C@@H]2[C@@H](c3cccc4c3CCC4)C2(C)C)nc2ncccn12. The summed E-state index contributed by atoms with van der Waals surface area (Å²) in [5, 5.41) is 0. The van der Waals surface area contributed by atoms with Crippen LogP contribution in [0.5, 0.6) is 0 Å². The normalized spacial score (nSPS) is 24.3. The number of hydrogen-bond donors (Lipinski definition) is 0. The van der Waals surface area contributed by atoms with Gasteiger partial charge in [-0.2, -0.15) is 0 Å². The first-order valence-electron chi connectivity index (χ1n) is 8.99. The van der Waals surface area contributed by atoms with Gasteiger partial charge in [0.15, 0.2) is 0 Å². The van der Waals surface area contributed by atoms with Crippen molar-refractivity contribution >= 4 is 5.78 Å². The molecule has 3 aromatic rings. The van der Waals surface area contributed by atoms with Crippen molar-refractivity contribution in [3.8, 4) is 0 Å². The zero-order valence-electron chi connectivity index (χ0n) is 14.6. The number of imidazole rings is 1. The van der Waals surface area contributed by atoms with Crippen LogP contribution in [0.15, 0.2) is 36.7 Å². The van der Waals surface area contributed by atoms with Gasteiger partial charge in [-0.15, -0.1) is 0 Å². The van der Waals surface area contributed by atoms with E-state index in [1.54, 1.807) is 16.7 Å². The van der Waals surface area contributed by atoms with Crippen LogP contribution in [0.25, 0.3) is 5.78 Å². The van der Waals surface area contributed by atoms with E-state index < -0.39 is 0 Å². The second-order valence-corrected chi connectivity index (χ2v) is 7.99. The number of aryl methyl sites for hydroxylation is 2. The van der Waals surface area contributed by atoms with Crippen molar-refractivity contribution < 1.29 is 0 Å². The van der Waals surface area contributed by atoms with E-state index in [1.165, 1.54) is 30.7 Å². The molecule has 2 aromatic heterocycles. The standard InChI is InChI=1S/C21H23N3/c1-13-19(23-20-22-11-6-12-24(13)20)18-17(21(18,2)3)16-10-5-8-14-7-4-9-15(14)16/h5-6,8,10-12,17-18H,4,7,9H2,1-3H3/t17-,18+/m1/s1. The first-order valence-corrected chi connectivity index (χ1v) is 8.99. The molecule has 3 heteroatoms. The van der Waals surface area contributed by atoms with Gasteiger partial charge >= 0.3 is 0 Å². The molecule has 2 heterocycles. The summed E-state index contributed by atoms with van der Waals surface area (Å²) >= 11 is 0. The van der Waals surface area contributed by atoms with Gasteiger partial charge < -0.3 is 0 Å². The molecule has 0 saturated heterocycles. The molecule has 0 amide bonds. The quantitative estimate of drug-likeness (QED) is 0.700. The van der Waals surface area contributed by atoms with Crippen molar-refractivity contribution in [1.29, 1.82) is 0 Å². The highest BCUT2D eigenvalue weighted by Crippen LogP contribution is 2.70. The molecule has 3 nitrogen and oxygen atoms in total. The van der Waals surface area contributed by atoms with Crippen molar-refractivity contribution in [1.82, 2.24) is 14.4 Å². The molecule has 5 rings (SSSR count). The molecule has 0 aliphatic heterocycles. The molecule has 0 bridgehead atoms. The maximum atomic E-state index is 4.89. The lowest BCUT2D eigenvalue weighted by Crippen LogP contribution is -1.95. The smallest absolute Gasteiger partial charge is 0.234 e. The number of fused-ring (bicyclic) bond motifs is 2. The number of rotatable bonds is 2. The third kappa shape index (κ3) is 1.78. The lowest BCUT2D eigenvalue weighted by molar-refractivity contribution is 0.596. The van der Waals surface area contributed by atoms with Crippen LogP contribution in [0.1, 0.15) is 60.2 Å². The van der Waals surface area contributed by atoms with E-state index in [-0.39, 0.29) is 5.41 Å². The van der Waals surface area contributed by atoms with E-state index in [4.69, 9.17) is 4.98 Å². The second-order valence-electron chi connectivity index (χ2n) is 7.99. The van der Waals surface area contributed by atoms with Gasteiger partial charge in [0, 0.05) is 24.0 Å². The van der Waals surface area contributed by atoms with Crippen LogP contribution in [-0.4, -0.2) is 14.4 Å². The van der Waals surface area contributed by atoms with Gasteiger partial charge in [-0.25, -0.2) is 9.97 Å². The fraction of sp³-hybridized carbons (Fsp3) is 0.429. The van der Waals surface area contributed by atoms with Gasteiger partial charge in [0.05, 0.1) is 5.69 Å². The molecule has 2 aliphatic rings. The minimum Gasteiger partial charge on any atom is -0.288 e. The average molecular weight is 317 g/mol. The highest BCUT2D eigenvalue weighted by molar-refractivity contribution is 5.50. The number of nitrogens with zero attached hydrogens (tertiary/aromatic N) is 3. The van der Waals surface area contributed by atoms with Gasteiger partial charge in [-0.05, 0) is 60.3 Å². The molecular weight excluding hydrogens is 294 g/mol. The van der Waals surface area contributed by atoms with Crippen molar-refractivity contribution in [2.24, 2.45) is 5.41 Å². The van der Waals surface area contributed by atoms with Crippen LogP contribution in [0.4, 0.5) is 0 Å². The zero-order valence-corrected chi connectivity index (χ0v) is 14.6. The molecule has 1 saturated carbocycles. The Labute approximate surface area is 142 Å². The van der Waals surface area contributed by atoms with Crippen molar-refractivity contribution in [2.45, 2.75) is 51.9 Å². The van der Waals surface area contributed by atoms with Crippen LogP contribution in [0, 0.1) is 12.3 Å². The maximum absolute atomic E-state index is 4.89. The number of benzene rings is 1. The average Bonchev–Trinajstić information content (AvgIpc) is 2.94. The topological polar surface area (TPSA) is 30.2 Å². The van der Waals surface area contributed by atoms with E-state index in [0.717, 1.165) is 5.78 Å². The van der Waals surface area contributed by atoms with Gasteiger partial charge in [-0.3, -0.25) is 4.40 Å². The summed E-state index contributed by atoms with van der Waals surface area (Å²) in [7, 11) is 0. The van der Waals surface area contributed by atoms with Crippen LogP contribution in [0.3, 0.4) is 0 Å². The Balaban J connectivity index is 1.62. The fourth-order valence-electron chi connectivity index (χ4n) is 4.98. The van der Waals surface area contributed by atoms with E-state index in [9.17, 15) is 0 Å². The van der Waals surface area contributed by atoms with Gasteiger partial charge in [0.2, 0.25) is 5.78 Å². The largest absolute Gasteiger partial charge is 0.288 e. The predicted molar refractivity (Wildman–Crippen MR) is 95.5 cm³/mol. The minimum absolute atomic E-state index is 0.264. The second kappa shape index (κ2) is 4.69. The maximum Gasteiger partial charge on any atom is 0.234 e. The summed E-state index contributed by atoms with van der Waals surface area (Å²) in [6.07, 6.45) is 7.69. The molecule has 1 fully saturated rings. The van der Waals surface area contributed by atoms with E-state index in [0.29, 0.717) is 11.8 Å². The monoisotopic (exact) mass is 317 g/mol. The zero-order chi connectivity index (χ0) is 16.5. The van der Waals surface area contributed by atoms with Crippen LogP contribution >= 0.6 is 0 Å². The molecule has 0 N–H and O–H groups in total. The van der Waals surface area contributed by atoms with E-state index >= 15 is 0 Å². The molecule has 0 radical (unpaired) electrons. The Hall–Kier alpha value is -2.16. The van der Waals surface area contributed by atoms with E-state index in [1.807, 2.05) is 12.3 Å². The highest BCUT2D eigenvalue weighted by atomic mass is 15.1. The summed E-state index contributed by atoms with van der Waals surface area (Å²) in [5.41, 5.74) is 7.51. The summed E-state index contributed by atoms with van der Waals surface area (Å²) < 4.78 is 2.12. The van der Waals surface area contributed by atoms with Gasteiger partial charge in [-0.1, -0.05) is 32.0 Å². The molecule has 122 valence electrons. The Bertz CT molecular complexity index is 951. The Morgan fingerprint density at radius 3 is 2.83 bits per heavy atom. The first kappa shape index (κ1) is 14.2. The molecule has 0 spiro atoms. The number of aromatic nitrogens is 3. The summed E-state index contributed by atoms with van der Waals surface area (Å²) in [5.74, 6) is 1.89. The lowest BCUT2D eigenvalue weighted by Gasteiger charge is -2.09. The highest BCUT2D eigenvalue weighted by Gasteiger charge is 2.61. The van der Waals surface area contributed by atoms with Crippen LogP contribution in [0.2, 0.25) is 0 Å². The first-order chi connectivity index (χ1) is 11.6. The van der Waals surface area contributed by atoms with Gasteiger partial charge in [0.1, 0.15) is 0 Å². The number of hydrogen-bond acceptors (Lipinski definition) is 2. The predicted octanol–water partition coefficient (Wildman–Crippen LogP) is 4.43. The van der Waals surface area contributed by atoms with E-state index in [2.05, 4.69) is 54.6 Å². The molecule has 0 unspecified atom stereocenters. The fourth-order valence-corrected chi connectivity index (χ4v) is 4.98. The molecule has 2 atom stereocenters. The van der Waals surface area contributed by atoms with Crippen LogP contribution < -0.4 is 0 Å². The molecule has 24 heavy (non-hydrogen) atoms. The lowest BCUT2D eigenvalue weighted by atomic mass is 9.95.